The van der Waals surface area contributed by atoms with Crippen LogP contribution in [0.3, 0.4) is 0 Å². The van der Waals surface area contributed by atoms with E-state index in [1.54, 1.807) is 0 Å². The summed E-state index contributed by atoms with van der Waals surface area (Å²) in [4.78, 5) is 8.12. The van der Waals surface area contributed by atoms with E-state index in [1.165, 1.54) is 11.3 Å². The van der Waals surface area contributed by atoms with E-state index in [0.29, 0.717) is 12.5 Å². The van der Waals surface area contributed by atoms with Crippen LogP contribution in [0.5, 0.6) is 0 Å². The fraction of sp³-hybridized carbons (Fsp3) is 0.632. The Morgan fingerprint density at radius 3 is 2.72 bits per heavy atom. The number of aliphatic imine (C=N–C) groups is 1. The standard InChI is InChI=1S/C19H29N3OS.HI/c1-20-18(21-15-19(23)10-5-6-11-19)22-12-9-16(13-22)14-24-17-7-3-2-4-8-17;/h2-4,7-8,16,23H,5-6,9-15H2,1H3,(H,20,21);1H. The van der Waals surface area contributed by atoms with Crippen molar-refractivity contribution in [1.29, 1.82) is 0 Å². The molecule has 1 atom stereocenters. The first-order valence-electron chi connectivity index (χ1n) is 9.04. The number of aliphatic hydroxyl groups is 1. The maximum Gasteiger partial charge on any atom is 0.193 e. The predicted molar refractivity (Wildman–Crippen MR) is 117 cm³/mol. The minimum absolute atomic E-state index is 0. The molecule has 0 spiro atoms. The van der Waals surface area contributed by atoms with Gasteiger partial charge in [0.25, 0.3) is 0 Å². The highest BCUT2D eigenvalue weighted by Gasteiger charge is 2.32. The lowest BCUT2D eigenvalue weighted by atomic mass is 10.0. The number of rotatable bonds is 5. The summed E-state index contributed by atoms with van der Waals surface area (Å²) in [5, 5.41) is 13.9. The van der Waals surface area contributed by atoms with Crippen molar-refractivity contribution in [1.82, 2.24) is 10.2 Å². The van der Waals surface area contributed by atoms with E-state index >= 15 is 0 Å². The Bertz CT molecular complexity index is 549. The van der Waals surface area contributed by atoms with Crippen LogP contribution in [0.25, 0.3) is 0 Å². The predicted octanol–water partition coefficient (Wildman–Crippen LogP) is 3.60. The molecule has 1 aromatic carbocycles. The summed E-state index contributed by atoms with van der Waals surface area (Å²) >= 11 is 1.95. The smallest absolute Gasteiger partial charge is 0.193 e. The summed E-state index contributed by atoms with van der Waals surface area (Å²) in [5.41, 5.74) is -0.530. The van der Waals surface area contributed by atoms with Gasteiger partial charge in [-0.2, -0.15) is 0 Å². The molecule has 1 aromatic rings. The second-order valence-corrected chi connectivity index (χ2v) is 8.15. The van der Waals surface area contributed by atoms with Gasteiger partial charge in [-0.15, -0.1) is 35.7 Å². The van der Waals surface area contributed by atoms with Gasteiger partial charge in [0, 0.05) is 37.3 Å². The van der Waals surface area contributed by atoms with E-state index in [9.17, 15) is 5.11 Å². The number of hydrogen-bond acceptors (Lipinski definition) is 3. The molecule has 0 radical (unpaired) electrons. The number of nitrogens with zero attached hydrogens (tertiary/aromatic N) is 2. The molecule has 0 aromatic heterocycles. The van der Waals surface area contributed by atoms with Gasteiger partial charge >= 0.3 is 0 Å². The van der Waals surface area contributed by atoms with Crippen LogP contribution >= 0.6 is 35.7 Å². The Morgan fingerprint density at radius 1 is 1.32 bits per heavy atom. The third-order valence-corrected chi connectivity index (χ3v) is 6.38. The van der Waals surface area contributed by atoms with Gasteiger partial charge in [0.2, 0.25) is 0 Å². The largest absolute Gasteiger partial charge is 0.388 e. The van der Waals surface area contributed by atoms with Gasteiger partial charge in [0.1, 0.15) is 0 Å². The number of thioether (sulfide) groups is 1. The molecule has 2 aliphatic rings. The monoisotopic (exact) mass is 475 g/mol. The zero-order valence-corrected chi connectivity index (χ0v) is 18.1. The van der Waals surface area contributed by atoms with Crippen molar-refractivity contribution >= 4 is 41.7 Å². The topological polar surface area (TPSA) is 47.9 Å². The van der Waals surface area contributed by atoms with Crippen LogP contribution in [-0.4, -0.2) is 54.0 Å². The van der Waals surface area contributed by atoms with Gasteiger partial charge in [0.15, 0.2) is 5.96 Å². The Balaban J connectivity index is 0.00000225. The molecule has 1 unspecified atom stereocenters. The highest BCUT2D eigenvalue weighted by Crippen LogP contribution is 2.29. The molecule has 1 heterocycles. The van der Waals surface area contributed by atoms with E-state index in [-0.39, 0.29) is 24.0 Å². The van der Waals surface area contributed by atoms with Crippen molar-refractivity contribution in [2.45, 2.75) is 42.6 Å². The van der Waals surface area contributed by atoms with Gasteiger partial charge in [-0.3, -0.25) is 4.99 Å². The molecule has 2 N–H and O–H groups in total. The molecule has 4 nitrogen and oxygen atoms in total. The number of nitrogens with one attached hydrogen (secondary N) is 1. The first kappa shape index (κ1) is 20.8. The molecule has 25 heavy (non-hydrogen) atoms. The van der Waals surface area contributed by atoms with Gasteiger partial charge in [-0.1, -0.05) is 31.0 Å². The summed E-state index contributed by atoms with van der Waals surface area (Å²) in [6.07, 6.45) is 5.31. The van der Waals surface area contributed by atoms with Crippen LogP contribution in [-0.2, 0) is 0 Å². The second kappa shape index (κ2) is 10.0. The van der Waals surface area contributed by atoms with E-state index in [0.717, 1.165) is 50.5 Å². The molecule has 1 saturated carbocycles. The zero-order chi connectivity index (χ0) is 16.8. The number of likely N-dealkylation sites (tertiary alicyclic amines) is 1. The molecule has 3 rings (SSSR count). The summed E-state index contributed by atoms with van der Waals surface area (Å²) in [6, 6.07) is 10.6. The summed E-state index contributed by atoms with van der Waals surface area (Å²) in [7, 11) is 1.84. The third kappa shape index (κ3) is 6.03. The molecule has 1 saturated heterocycles. The van der Waals surface area contributed by atoms with Crippen molar-refractivity contribution in [3.8, 4) is 0 Å². The normalized spacial score (nSPS) is 22.7. The SMILES string of the molecule is CN=C(NCC1(O)CCCC1)N1CCC(CSc2ccccc2)C1.I. The Hall–Kier alpha value is -0.470. The maximum atomic E-state index is 10.5. The minimum atomic E-state index is -0.530. The number of hydrogen-bond donors (Lipinski definition) is 2. The van der Waals surface area contributed by atoms with Crippen molar-refractivity contribution in [3.63, 3.8) is 0 Å². The van der Waals surface area contributed by atoms with E-state index < -0.39 is 5.60 Å². The van der Waals surface area contributed by atoms with Gasteiger partial charge < -0.3 is 15.3 Å². The maximum absolute atomic E-state index is 10.5. The van der Waals surface area contributed by atoms with Crippen molar-refractivity contribution < 1.29 is 5.11 Å². The average molecular weight is 475 g/mol. The number of guanidine groups is 1. The fourth-order valence-electron chi connectivity index (χ4n) is 3.68. The van der Waals surface area contributed by atoms with Crippen LogP contribution in [0.2, 0.25) is 0 Å². The van der Waals surface area contributed by atoms with Gasteiger partial charge in [-0.05, 0) is 37.3 Å². The molecule has 2 fully saturated rings. The first-order chi connectivity index (χ1) is 11.7. The lowest BCUT2D eigenvalue weighted by Gasteiger charge is -2.27. The van der Waals surface area contributed by atoms with E-state index in [4.69, 9.17) is 0 Å². The third-order valence-electron chi connectivity index (χ3n) is 5.14. The highest BCUT2D eigenvalue weighted by molar-refractivity contribution is 14.0. The molecular formula is C19H30IN3OS. The quantitative estimate of drug-likeness (QED) is 0.296. The molecule has 0 amide bonds. The van der Waals surface area contributed by atoms with Crippen LogP contribution in [0.1, 0.15) is 32.1 Å². The lowest BCUT2D eigenvalue weighted by molar-refractivity contribution is 0.0516. The van der Waals surface area contributed by atoms with Crippen molar-refractivity contribution in [2.24, 2.45) is 10.9 Å². The molecule has 1 aliphatic heterocycles. The van der Waals surface area contributed by atoms with Gasteiger partial charge in [-0.25, -0.2) is 0 Å². The average Bonchev–Trinajstić information content (AvgIpc) is 3.24. The molecule has 0 bridgehead atoms. The second-order valence-electron chi connectivity index (χ2n) is 7.06. The van der Waals surface area contributed by atoms with E-state index in [2.05, 4.69) is 45.5 Å². The van der Waals surface area contributed by atoms with Gasteiger partial charge in [0.05, 0.1) is 5.60 Å². The molecule has 6 heteroatoms. The fourth-order valence-corrected chi connectivity index (χ4v) is 4.73. The highest BCUT2D eigenvalue weighted by atomic mass is 127. The van der Waals surface area contributed by atoms with Crippen LogP contribution < -0.4 is 5.32 Å². The Morgan fingerprint density at radius 2 is 2.04 bits per heavy atom. The molecule has 140 valence electrons. The molecular weight excluding hydrogens is 445 g/mol. The van der Waals surface area contributed by atoms with Crippen molar-refractivity contribution in [3.05, 3.63) is 30.3 Å². The zero-order valence-electron chi connectivity index (χ0n) is 15.0. The molecule has 1 aliphatic carbocycles. The number of benzene rings is 1. The van der Waals surface area contributed by atoms with Crippen LogP contribution in [0.4, 0.5) is 0 Å². The number of halogens is 1. The van der Waals surface area contributed by atoms with Crippen molar-refractivity contribution in [2.75, 3.05) is 32.4 Å². The van der Waals surface area contributed by atoms with Crippen LogP contribution in [0, 0.1) is 5.92 Å². The lowest BCUT2D eigenvalue weighted by Crippen LogP contribution is -2.47. The Labute approximate surface area is 172 Å². The van der Waals surface area contributed by atoms with E-state index in [1.807, 2.05) is 18.8 Å². The van der Waals surface area contributed by atoms with Crippen LogP contribution in [0.15, 0.2) is 40.2 Å². The first-order valence-corrected chi connectivity index (χ1v) is 10.0. The summed E-state index contributed by atoms with van der Waals surface area (Å²) in [6.45, 7) is 2.73. The summed E-state index contributed by atoms with van der Waals surface area (Å²) in [5.74, 6) is 2.80. The summed E-state index contributed by atoms with van der Waals surface area (Å²) < 4.78 is 0. The minimum Gasteiger partial charge on any atom is -0.388 e. The Kier molecular flexibility index (Phi) is 8.35.